The third-order valence-corrected chi connectivity index (χ3v) is 5.16. The maximum Gasteiger partial charge on any atom is 0.142 e. The molecule has 20 heavy (non-hydrogen) atoms. The summed E-state index contributed by atoms with van der Waals surface area (Å²) in [6.45, 7) is 0. The van der Waals surface area contributed by atoms with Crippen LogP contribution in [0.5, 0.6) is 0 Å². The van der Waals surface area contributed by atoms with Crippen LogP contribution < -0.4 is 0 Å². The smallest absolute Gasteiger partial charge is 0.142 e. The SMILES string of the molecule is CN1[C@@H]2CCC[C@H]1[C@H]([C@H](O)c1ccc(Cl)cc1)C(=O)C2. The second-order valence-electron chi connectivity index (χ2n) is 6.01. The second-order valence-corrected chi connectivity index (χ2v) is 6.45. The molecule has 1 aromatic rings. The number of hydrogen-bond donors (Lipinski definition) is 1. The Morgan fingerprint density at radius 1 is 1.30 bits per heavy atom. The fourth-order valence-electron chi connectivity index (χ4n) is 3.76. The van der Waals surface area contributed by atoms with E-state index in [4.69, 9.17) is 11.6 Å². The molecule has 3 nitrogen and oxygen atoms in total. The second kappa shape index (κ2) is 5.47. The minimum atomic E-state index is -0.730. The minimum Gasteiger partial charge on any atom is -0.388 e. The molecule has 2 aliphatic heterocycles. The first kappa shape index (κ1) is 14.1. The predicted octanol–water partition coefficient (Wildman–Crippen LogP) is 2.82. The molecule has 0 saturated carbocycles. The highest BCUT2D eigenvalue weighted by Crippen LogP contribution is 2.40. The molecule has 0 aromatic heterocycles. The van der Waals surface area contributed by atoms with Crippen molar-refractivity contribution in [2.75, 3.05) is 7.05 Å². The molecule has 1 N–H and O–H groups in total. The summed E-state index contributed by atoms with van der Waals surface area (Å²) in [5.74, 6) is -0.0991. The van der Waals surface area contributed by atoms with Gasteiger partial charge in [-0.1, -0.05) is 30.2 Å². The Labute approximate surface area is 124 Å². The average Bonchev–Trinajstić information content (AvgIpc) is 2.41. The lowest BCUT2D eigenvalue weighted by Gasteiger charge is -2.48. The van der Waals surface area contributed by atoms with Crippen LogP contribution in [-0.4, -0.2) is 34.9 Å². The zero-order valence-corrected chi connectivity index (χ0v) is 12.4. The third kappa shape index (κ3) is 2.39. The number of ketones is 1. The number of carbonyl (C=O) groups excluding carboxylic acids is 1. The van der Waals surface area contributed by atoms with Crippen molar-refractivity contribution in [3.8, 4) is 0 Å². The normalized spacial score (nSPS) is 32.1. The number of benzene rings is 1. The van der Waals surface area contributed by atoms with Crippen molar-refractivity contribution in [3.05, 3.63) is 34.9 Å². The summed E-state index contributed by atoms with van der Waals surface area (Å²) in [4.78, 5) is 14.7. The van der Waals surface area contributed by atoms with Gasteiger partial charge in [-0.2, -0.15) is 0 Å². The van der Waals surface area contributed by atoms with Crippen molar-refractivity contribution in [1.29, 1.82) is 0 Å². The molecule has 0 radical (unpaired) electrons. The number of carbonyl (C=O) groups is 1. The van der Waals surface area contributed by atoms with Crippen molar-refractivity contribution in [3.63, 3.8) is 0 Å². The van der Waals surface area contributed by atoms with Gasteiger partial charge in [0.05, 0.1) is 12.0 Å². The Balaban J connectivity index is 1.87. The summed E-state index contributed by atoms with van der Waals surface area (Å²) in [5.41, 5.74) is 0.783. The van der Waals surface area contributed by atoms with E-state index in [9.17, 15) is 9.90 Å². The number of Topliss-reactive ketones (excluding diaryl/α,β-unsaturated/α-hetero) is 1. The van der Waals surface area contributed by atoms with Crippen LogP contribution in [-0.2, 0) is 4.79 Å². The topological polar surface area (TPSA) is 40.5 Å². The number of hydrogen-bond acceptors (Lipinski definition) is 3. The summed E-state index contributed by atoms with van der Waals surface area (Å²) >= 11 is 5.88. The van der Waals surface area contributed by atoms with Gasteiger partial charge in [-0.15, -0.1) is 0 Å². The van der Waals surface area contributed by atoms with Gasteiger partial charge in [-0.25, -0.2) is 0 Å². The Morgan fingerprint density at radius 2 is 2.00 bits per heavy atom. The number of halogens is 1. The van der Waals surface area contributed by atoms with E-state index in [1.165, 1.54) is 0 Å². The molecular weight excluding hydrogens is 274 g/mol. The monoisotopic (exact) mass is 293 g/mol. The van der Waals surface area contributed by atoms with Gasteiger partial charge in [0.2, 0.25) is 0 Å². The van der Waals surface area contributed by atoms with E-state index in [0.717, 1.165) is 24.8 Å². The van der Waals surface area contributed by atoms with Gasteiger partial charge in [-0.3, -0.25) is 9.69 Å². The van der Waals surface area contributed by atoms with E-state index in [2.05, 4.69) is 11.9 Å². The molecular formula is C16H20ClNO2. The van der Waals surface area contributed by atoms with E-state index in [-0.39, 0.29) is 17.7 Å². The van der Waals surface area contributed by atoms with Gasteiger partial charge in [-0.05, 0) is 37.6 Å². The zero-order valence-electron chi connectivity index (χ0n) is 11.6. The number of piperidine rings is 2. The van der Waals surface area contributed by atoms with E-state index < -0.39 is 6.10 Å². The summed E-state index contributed by atoms with van der Waals surface area (Å²) in [6, 6.07) is 7.70. The zero-order chi connectivity index (χ0) is 14.3. The lowest BCUT2D eigenvalue weighted by molar-refractivity contribution is -0.140. The summed E-state index contributed by atoms with van der Waals surface area (Å²) in [6.07, 6.45) is 3.08. The maximum absolute atomic E-state index is 12.4. The summed E-state index contributed by atoms with van der Waals surface area (Å²) in [5, 5.41) is 11.3. The van der Waals surface area contributed by atoms with Gasteiger partial charge >= 0.3 is 0 Å². The molecule has 2 aliphatic rings. The van der Waals surface area contributed by atoms with Crippen molar-refractivity contribution in [2.24, 2.45) is 5.92 Å². The molecule has 2 bridgehead atoms. The van der Waals surface area contributed by atoms with Gasteiger partial charge < -0.3 is 5.11 Å². The van der Waals surface area contributed by atoms with Crippen LogP contribution in [0, 0.1) is 5.92 Å². The molecule has 1 aromatic carbocycles. The lowest BCUT2D eigenvalue weighted by atomic mass is 9.73. The molecule has 4 heteroatoms. The van der Waals surface area contributed by atoms with E-state index in [1.54, 1.807) is 12.1 Å². The van der Waals surface area contributed by atoms with Crippen LogP contribution in [0.4, 0.5) is 0 Å². The van der Waals surface area contributed by atoms with Crippen LogP contribution >= 0.6 is 11.6 Å². The first-order chi connectivity index (χ1) is 9.58. The number of nitrogens with zero attached hydrogens (tertiary/aromatic N) is 1. The van der Waals surface area contributed by atoms with E-state index >= 15 is 0 Å². The first-order valence-corrected chi connectivity index (χ1v) is 7.64. The van der Waals surface area contributed by atoms with Crippen molar-refractivity contribution in [1.82, 2.24) is 4.90 Å². The van der Waals surface area contributed by atoms with Crippen molar-refractivity contribution >= 4 is 17.4 Å². The first-order valence-electron chi connectivity index (χ1n) is 7.26. The highest BCUT2D eigenvalue weighted by Gasteiger charge is 2.45. The van der Waals surface area contributed by atoms with Crippen LogP contribution in [0.3, 0.4) is 0 Å². The Bertz CT molecular complexity index is 502. The quantitative estimate of drug-likeness (QED) is 0.911. The van der Waals surface area contributed by atoms with E-state index in [0.29, 0.717) is 17.5 Å². The van der Waals surface area contributed by atoms with E-state index in [1.807, 2.05) is 12.1 Å². The number of rotatable bonds is 2. The third-order valence-electron chi connectivity index (χ3n) is 4.91. The standard InChI is InChI=1S/C16H20ClNO2/c1-18-12-3-2-4-13(18)15(14(19)9-12)16(20)10-5-7-11(17)8-6-10/h5-8,12-13,15-16,20H,2-4,9H2,1H3/t12-,13+,15+,16-/m1/s1. The molecule has 4 atom stereocenters. The predicted molar refractivity (Wildman–Crippen MR) is 78.7 cm³/mol. The highest BCUT2D eigenvalue weighted by atomic mass is 35.5. The number of fused-ring (bicyclic) bond motifs is 2. The largest absolute Gasteiger partial charge is 0.388 e. The number of aliphatic hydroxyl groups excluding tert-OH is 1. The molecule has 3 rings (SSSR count). The molecule has 2 saturated heterocycles. The molecule has 108 valence electrons. The Morgan fingerprint density at radius 3 is 2.70 bits per heavy atom. The molecule has 2 fully saturated rings. The molecule has 0 amide bonds. The van der Waals surface area contributed by atoms with Crippen LogP contribution in [0.2, 0.25) is 5.02 Å². The highest BCUT2D eigenvalue weighted by molar-refractivity contribution is 6.30. The van der Waals surface area contributed by atoms with Crippen LogP contribution in [0.1, 0.15) is 37.4 Å². The van der Waals surface area contributed by atoms with Gasteiger partial charge in [0.1, 0.15) is 5.78 Å². The number of aliphatic hydroxyl groups is 1. The van der Waals surface area contributed by atoms with Crippen LogP contribution in [0.25, 0.3) is 0 Å². The van der Waals surface area contributed by atoms with Gasteiger partial charge in [0.15, 0.2) is 0 Å². The molecule has 0 unspecified atom stereocenters. The fourth-order valence-corrected chi connectivity index (χ4v) is 3.88. The fraction of sp³-hybridized carbons (Fsp3) is 0.562. The Kier molecular flexibility index (Phi) is 3.85. The van der Waals surface area contributed by atoms with Gasteiger partial charge in [0, 0.05) is 23.5 Å². The molecule has 2 heterocycles. The maximum atomic E-state index is 12.4. The van der Waals surface area contributed by atoms with Crippen molar-refractivity contribution < 1.29 is 9.90 Å². The average molecular weight is 294 g/mol. The minimum absolute atomic E-state index is 0.167. The Hall–Kier alpha value is -0.900. The van der Waals surface area contributed by atoms with Crippen LogP contribution in [0.15, 0.2) is 24.3 Å². The lowest BCUT2D eigenvalue weighted by Crippen LogP contribution is -2.56. The van der Waals surface area contributed by atoms with Gasteiger partial charge in [0.25, 0.3) is 0 Å². The molecule has 0 spiro atoms. The summed E-state index contributed by atoms with van der Waals surface area (Å²) in [7, 11) is 2.09. The molecule has 0 aliphatic carbocycles. The van der Waals surface area contributed by atoms with Crippen molar-refractivity contribution in [2.45, 2.75) is 43.9 Å². The summed E-state index contributed by atoms with van der Waals surface area (Å²) < 4.78 is 0.